The molecule has 6 nitrogen and oxygen atoms in total. The molecule has 7 heteroatoms. The third-order valence-electron chi connectivity index (χ3n) is 6.09. The first-order valence-electron chi connectivity index (χ1n) is 11.4. The summed E-state index contributed by atoms with van der Waals surface area (Å²) in [6.45, 7) is 6.64. The first-order valence-corrected chi connectivity index (χ1v) is 11.4. The fraction of sp³-hybridized carbons (Fsp3) is 0.296. The van der Waals surface area contributed by atoms with Crippen LogP contribution in [0.3, 0.4) is 0 Å². The van der Waals surface area contributed by atoms with Crippen LogP contribution in [0.15, 0.2) is 42.6 Å². The molecular formula is C27H28FN5O. The van der Waals surface area contributed by atoms with E-state index in [0.29, 0.717) is 36.5 Å². The van der Waals surface area contributed by atoms with E-state index in [1.807, 2.05) is 33.0 Å². The Kier molecular flexibility index (Phi) is 6.90. The monoisotopic (exact) mass is 457 g/mol. The third-order valence-corrected chi connectivity index (χ3v) is 6.09. The van der Waals surface area contributed by atoms with Crippen molar-refractivity contribution in [2.75, 3.05) is 39.0 Å². The smallest absolute Gasteiger partial charge is 0.256 e. The van der Waals surface area contributed by atoms with Gasteiger partial charge in [0.1, 0.15) is 11.6 Å². The van der Waals surface area contributed by atoms with Crippen LogP contribution < -0.4 is 5.73 Å². The molecule has 1 aliphatic rings. The van der Waals surface area contributed by atoms with E-state index in [4.69, 9.17) is 5.73 Å². The molecule has 0 aliphatic carbocycles. The van der Waals surface area contributed by atoms with Gasteiger partial charge in [-0.05, 0) is 56.3 Å². The number of carbonyl (C=O) groups is 1. The molecule has 2 N–H and O–H groups in total. The zero-order valence-corrected chi connectivity index (χ0v) is 19.7. The van der Waals surface area contributed by atoms with E-state index in [0.717, 1.165) is 35.6 Å². The lowest BCUT2D eigenvalue weighted by Crippen LogP contribution is -2.47. The highest BCUT2D eigenvalue weighted by atomic mass is 19.1. The second-order valence-electron chi connectivity index (χ2n) is 8.44. The number of anilines is 1. The van der Waals surface area contributed by atoms with Crippen molar-refractivity contribution >= 4 is 11.7 Å². The van der Waals surface area contributed by atoms with Crippen molar-refractivity contribution < 1.29 is 9.18 Å². The summed E-state index contributed by atoms with van der Waals surface area (Å²) >= 11 is 0. The summed E-state index contributed by atoms with van der Waals surface area (Å²) in [5.74, 6) is 6.04. The fourth-order valence-corrected chi connectivity index (χ4v) is 4.03. The summed E-state index contributed by atoms with van der Waals surface area (Å²) in [7, 11) is 2.02. The molecule has 3 heterocycles. The number of carbonyl (C=O) groups excluding carboxylic acids is 1. The lowest BCUT2D eigenvalue weighted by atomic mass is 9.97. The van der Waals surface area contributed by atoms with Gasteiger partial charge in [0.25, 0.3) is 5.91 Å². The van der Waals surface area contributed by atoms with Gasteiger partial charge in [-0.15, -0.1) is 0 Å². The maximum Gasteiger partial charge on any atom is 0.256 e. The number of nitrogen functional groups attached to an aromatic ring is 1. The normalized spacial score (nSPS) is 13.9. The molecule has 174 valence electrons. The zero-order chi connectivity index (χ0) is 24.2. The maximum atomic E-state index is 15.1. The van der Waals surface area contributed by atoms with Crippen LogP contribution in [-0.4, -0.2) is 58.9 Å². The number of hydrogen-bond donors (Lipinski definition) is 1. The molecule has 1 aliphatic heterocycles. The summed E-state index contributed by atoms with van der Waals surface area (Å²) in [5.41, 5.74) is 10.4. The minimum Gasteiger partial charge on any atom is -0.384 e. The minimum absolute atomic E-state index is 0.0900. The highest BCUT2D eigenvalue weighted by molar-refractivity contribution is 5.95. The van der Waals surface area contributed by atoms with Crippen LogP contribution in [0.4, 0.5) is 10.2 Å². The molecule has 34 heavy (non-hydrogen) atoms. The van der Waals surface area contributed by atoms with Gasteiger partial charge in [-0.2, -0.15) is 0 Å². The van der Waals surface area contributed by atoms with Crippen molar-refractivity contribution in [3.63, 3.8) is 0 Å². The van der Waals surface area contributed by atoms with Gasteiger partial charge in [0.15, 0.2) is 0 Å². The zero-order valence-electron chi connectivity index (χ0n) is 19.7. The molecule has 0 bridgehead atoms. The van der Waals surface area contributed by atoms with Crippen LogP contribution in [0.5, 0.6) is 0 Å². The van der Waals surface area contributed by atoms with Crippen LogP contribution in [0.2, 0.25) is 0 Å². The Morgan fingerprint density at radius 3 is 2.59 bits per heavy atom. The predicted octanol–water partition coefficient (Wildman–Crippen LogP) is 3.52. The Labute approximate surface area is 199 Å². The van der Waals surface area contributed by atoms with E-state index in [9.17, 15) is 4.79 Å². The van der Waals surface area contributed by atoms with Crippen LogP contribution in [-0.2, 0) is 6.42 Å². The largest absolute Gasteiger partial charge is 0.384 e. The van der Waals surface area contributed by atoms with E-state index in [-0.39, 0.29) is 11.5 Å². The second-order valence-corrected chi connectivity index (χ2v) is 8.44. The number of pyridine rings is 2. The summed E-state index contributed by atoms with van der Waals surface area (Å²) in [4.78, 5) is 25.5. The van der Waals surface area contributed by atoms with E-state index in [1.165, 1.54) is 6.07 Å². The maximum absolute atomic E-state index is 15.1. The van der Waals surface area contributed by atoms with Crippen LogP contribution in [0.1, 0.15) is 39.8 Å². The van der Waals surface area contributed by atoms with Crippen molar-refractivity contribution in [2.45, 2.75) is 20.3 Å². The van der Waals surface area contributed by atoms with Crippen LogP contribution in [0.25, 0.3) is 11.1 Å². The molecule has 1 saturated heterocycles. The van der Waals surface area contributed by atoms with Crippen LogP contribution in [0, 0.1) is 24.6 Å². The molecule has 0 saturated carbocycles. The number of halogens is 1. The average Bonchev–Trinajstić information content (AvgIpc) is 2.83. The number of likely N-dealkylation sites (N-methyl/N-ethyl adjacent to an activating group) is 1. The molecule has 3 aromatic rings. The number of amides is 1. The number of benzene rings is 1. The number of aromatic nitrogens is 2. The lowest BCUT2D eigenvalue weighted by molar-refractivity contribution is 0.0659. The molecule has 4 rings (SSSR count). The molecular weight excluding hydrogens is 429 g/mol. The van der Waals surface area contributed by atoms with Crippen molar-refractivity contribution in [3.8, 4) is 23.0 Å². The number of nitrogens with zero attached hydrogens (tertiary/aromatic N) is 4. The standard InChI is InChI=1S/C27H28FN5O/c1-4-25-19(7-10-26(29)31-25)5-8-21-18(2)30-12-11-22(21)20-6-9-23(24(28)17-20)27(34)33-15-13-32(3)14-16-33/h6-7,9-12,17H,4,13-16H2,1-3H3,(H2,29,31). The number of hydrogen-bond acceptors (Lipinski definition) is 5. The van der Waals surface area contributed by atoms with Gasteiger partial charge >= 0.3 is 0 Å². The lowest BCUT2D eigenvalue weighted by Gasteiger charge is -2.32. The molecule has 1 fully saturated rings. The Morgan fingerprint density at radius 1 is 1.12 bits per heavy atom. The first kappa shape index (κ1) is 23.4. The van der Waals surface area contributed by atoms with Gasteiger partial charge in [0.05, 0.1) is 22.5 Å². The molecule has 0 atom stereocenters. The molecule has 1 aromatic carbocycles. The van der Waals surface area contributed by atoms with Gasteiger partial charge in [0, 0.05) is 43.5 Å². The predicted molar refractivity (Wildman–Crippen MR) is 132 cm³/mol. The van der Waals surface area contributed by atoms with E-state index >= 15 is 4.39 Å². The number of aryl methyl sites for hydroxylation is 2. The molecule has 2 aromatic heterocycles. The minimum atomic E-state index is -0.536. The Bertz CT molecular complexity index is 1290. The summed E-state index contributed by atoms with van der Waals surface area (Å²) in [5, 5.41) is 0. The topological polar surface area (TPSA) is 75.3 Å². The highest BCUT2D eigenvalue weighted by Gasteiger charge is 2.23. The average molecular weight is 458 g/mol. The molecule has 1 amide bonds. The second kappa shape index (κ2) is 10.0. The third kappa shape index (κ3) is 4.92. The van der Waals surface area contributed by atoms with E-state index < -0.39 is 5.82 Å². The van der Waals surface area contributed by atoms with E-state index in [1.54, 1.807) is 29.3 Å². The van der Waals surface area contributed by atoms with Gasteiger partial charge < -0.3 is 15.5 Å². The molecule has 0 unspecified atom stereocenters. The van der Waals surface area contributed by atoms with Crippen LogP contribution >= 0.6 is 0 Å². The first-order chi connectivity index (χ1) is 16.4. The fourth-order valence-electron chi connectivity index (χ4n) is 4.03. The summed E-state index contributed by atoms with van der Waals surface area (Å²) in [6.07, 6.45) is 2.39. The quantitative estimate of drug-likeness (QED) is 0.609. The molecule has 0 spiro atoms. The summed E-state index contributed by atoms with van der Waals surface area (Å²) in [6, 6.07) is 10.1. The van der Waals surface area contributed by atoms with Crippen molar-refractivity contribution in [1.29, 1.82) is 0 Å². The highest BCUT2D eigenvalue weighted by Crippen LogP contribution is 2.27. The van der Waals surface area contributed by atoms with Gasteiger partial charge in [-0.25, -0.2) is 9.37 Å². The van der Waals surface area contributed by atoms with Gasteiger partial charge in [-0.3, -0.25) is 9.78 Å². The molecule has 0 radical (unpaired) electrons. The number of rotatable bonds is 3. The van der Waals surface area contributed by atoms with E-state index in [2.05, 4.69) is 26.7 Å². The summed E-state index contributed by atoms with van der Waals surface area (Å²) < 4.78 is 15.1. The number of piperazine rings is 1. The Morgan fingerprint density at radius 2 is 1.88 bits per heavy atom. The Hall–Kier alpha value is -3.76. The Balaban J connectivity index is 1.67. The number of nitrogens with two attached hydrogens (primary N) is 1. The van der Waals surface area contributed by atoms with Gasteiger partial charge in [0.2, 0.25) is 0 Å². The SMILES string of the molecule is CCc1nc(N)ccc1C#Cc1c(-c2ccc(C(=O)N3CCN(C)CC3)c(F)c2)ccnc1C. The van der Waals surface area contributed by atoms with Crippen molar-refractivity contribution in [2.24, 2.45) is 0 Å². The van der Waals surface area contributed by atoms with Gasteiger partial charge in [-0.1, -0.05) is 24.8 Å². The van der Waals surface area contributed by atoms with Crippen molar-refractivity contribution in [3.05, 3.63) is 76.5 Å². The van der Waals surface area contributed by atoms with Crippen molar-refractivity contribution in [1.82, 2.24) is 19.8 Å².